The summed E-state index contributed by atoms with van der Waals surface area (Å²) in [5, 5.41) is 0. The SMILES string of the molecule is COc1cccc(C2(C(F)F)CC2)c1. The topological polar surface area (TPSA) is 9.23 Å². The van der Waals surface area contributed by atoms with E-state index in [1.165, 1.54) is 0 Å². The van der Waals surface area contributed by atoms with Gasteiger partial charge in [-0.2, -0.15) is 0 Å². The summed E-state index contributed by atoms with van der Waals surface area (Å²) in [5.41, 5.74) is -0.180. The molecular formula is C11H12F2O. The van der Waals surface area contributed by atoms with Gasteiger partial charge >= 0.3 is 0 Å². The van der Waals surface area contributed by atoms with E-state index in [0.717, 1.165) is 0 Å². The third-order valence-electron chi connectivity index (χ3n) is 2.85. The second kappa shape index (κ2) is 3.23. The molecule has 1 aromatic rings. The highest BCUT2D eigenvalue weighted by molar-refractivity contribution is 5.38. The molecule has 0 unspecified atom stereocenters. The zero-order chi connectivity index (χ0) is 10.2. The standard InChI is InChI=1S/C11H12F2O/c1-14-9-4-2-3-8(7-9)11(5-6-11)10(12)13/h2-4,7,10H,5-6H2,1H3. The molecular weight excluding hydrogens is 186 g/mol. The number of hydrogen-bond donors (Lipinski definition) is 0. The van der Waals surface area contributed by atoms with Crippen molar-refractivity contribution in [3.8, 4) is 5.75 Å². The molecule has 1 aliphatic rings. The Morgan fingerprint density at radius 2 is 2.07 bits per heavy atom. The molecule has 0 heterocycles. The van der Waals surface area contributed by atoms with Crippen LogP contribution in [-0.4, -0.2) is 13.5 Å². The van der Waals surface area contributed by atoms with E-state index < -0.39 is 11.8 Å². The van der Waals surface area contributed by atoms with Crippen molar-refractivity contribution in [1.29, 1.82) is 0 Å². The van der Waals surface area contributed by atoms with Crippen LogP contribution in [0.3, 0.4) is 0 Å². The number of methoxy groups -OCH3 is 1. The fraction of sp³-hybridized carbons (Fsp3) is 0.455. The molecule has 1 fully saturated rings. The van der Waals surface area contributed by atoms with Crippen molar-refractivity contribution < 1.29 is 13.5 Å². The maximum atomic E-state index is 12.8. The average molecular weight is 198 g/mol. The first-order valence-corrected chi connectivity index (χ1v) is 4.62. The molecule has 0 aromatic heterocycles. The first kappa shape index (κ1) is 9.44. The van der Waals surface area contributed by atoms with Crippen molar-refractivity contribution in [2.75, 3.05) is 7.11 Å². The average Bonchev–Trinajstić information content (AvgIpc) is 2.98. The lowest BCUT2D eigenvalue weighted by Gasteiger charge is -2.14. The first-order valence-electron chi connectivity index (χ1n) is 4.62. The normalized spacial score (nSPS) is 18.3. The lowest BCUT2D eigenvalue weighted by Crippen LogP contribution is -2.17. The van der Waals surface area contributed by atoms with E-state index in [4.69, 9.17) is 4.74 Å². The molecule has 0 saturated heterocycles. The van der Waals surface area contributed by atoms with Gasteiger partial charge in [-0.1, -0.05) is 12.1 Å². The molecule has 1 nitrogen and oxygen atoms in total. The van der Waals surface area contributed by atoms with Crippen LogP contribution in [0, 0.1) is 0 Å². The Morgan fingerprint density at radius 3 is 2.57 bits per heavy atom. The minimum Gasteiger partial charge on any atom is -0.497 e. The summed E-state index contributed by atoms with van der Waals surface area (Å²) in [4.78, 5) is 0. The molecule has 1 aromatic carbocycles. The van der Waals surface area contributed by atoms with Crippen LogP contribution in [0.2, 0.25) is 0 Å². The Kier molecular flexibility index (Phi) is 2.17. The maximum Gasteiger partial charge on any atom is 0.248 e. The summed E-state index contributed by atoms with van der Waals surface area (Å²) in [7, 11) is 1.54. The lowest BCUT2D eigenvalue weighted by molar-refractivity contribution is 0.102. The second-order valence-corrected chi connectivity index (χ2v) is 3.69. The molecule has 0 amide bonds. The zero-order valence-corrected chi connectivity index (χ0v) is 7.97. The Labute approximate surface area is 81.7 Å². The molecule has 1 aliphatic carbocycles. The largest absolute Gasteiger partial charge is 0.497 e. The molecule has 1 saturated carbocycles. The predicted octanol–water partition coefficient (Wildman–Crippen LogP) is 2.99. The van der Waals surface area contributed by atoms with Gasteiger partial charge in [-0.25, -0.2) is 8.78 Å². The van der Waals surface area contributed by atoms with Crippen LogP contribution in [-0.2, 0) is 5.41 Å². The lowest BCUT2D eigenvalue weighted by atomic mass is 9.96. The van der Waals surface area contributed by atoms with E-state index in [-0.39, 0.29) is 0 Å². The number of alkyl halides is 2. The quantitative estimate of drug-likeness (QED) is 0.725. The van der Waals surface area contributed by atoms with Gasteiger partial charge in [0.05, 0.1) is 12.5 Å². The third kappa shape index (κ3) is 1.37. The molecule has 0 bridgehead atoms. The zero-order valence-electron chi connectivity index (χ0n) is 7.97. The molecule has 0 aliphatic heterocycles. The highest BCUT2D eigenvalue weighted by Crippen LogP contribution is 2.53. The first-order chi connectivity index (χ1) is 6.69. The fourth-order valence-electron chi connectivity index (χ4n) is 1.70. The summed E-state index contributed by atoms with van der Waals surface area (Å²) in [6.07, 6.45) is -1.11. The van der Waals surface area contributed by atoms with Gasteiger partial charge in [-0.15, -0.1) is 0 Å². The summed E-state index contributed by atoms with van der Waals surface area (Å²) < 4.78 is 30.5. The van der Waals surface area contributed by atoms with E-state index >= 15 is 0 Å². The Balaban J connectivity index is 2.32. The van der Waals surface area contributed by atoms with Gasteiger partial charge in [0.1, 0.15) is 5.75 Å². The van der Waals surface area contributed by atoms with Crippen LogP contribution in [0.5, 0.6) is 5.75 Å². The van der Waals surface area contributed by atoms with Crippen LogP contribution in [0.1, 0.15) is 18.4 Å². The van der Waals surface area contributed by atoms with E-state index in [1.807, 2.05) is 0 Å². The summed E-state index contributed by atoms with van der Waals surface area (Å²) in [6, 6.07) is 6.99. The summed E-state index contributed by atoms with van der Waals surface area (Å²) >= 11 is 0. The fourth-order valence-corrected chi connectivity index (χ4v) is 1.70. The number of benzene rings is 1. The van der Waals surface area contributed by atoms with Crippen molar-refractivity contribution >= 4 is 0 Å². The van der Waals surface area contributed by atoms with Crippen molar-refractivity contribution in [2.45, 2.75) is 24.7 Å². The van der Waals surface area contributed by atoms with Gasteiger partial charge in [0.2, 0.25) is 6.43 Å². The maximum absolute atomic E-state index is 12.8. The molecule has 2 rings (SSSR count). The monoisotopic (exact) mass is 198 g/mol. The van der Waals surface area contributed by atoms with Crippen molar-refractivity contribution in [3.05, 3.63) is 29.8 Å². The number of ether oxygens (including phenoxy) is 1. The minimum atomic E-state index is -2.27. The van der Waals surface area contributed by atoms with Gasteiger partial charge in [0.15, 0.2) is 0 Å². The van der Waals surface area contributed by atoms with Crippen molar-refractivity contribution in [2.24, 2.45) is 0 Å². The molecule has 0 N–H and O–H groups in total. The highest BCUT2D eigenvalue weighted by Gasteiger charge is 2.52. The molecule has 0 atom stereocenters. The Bertz CT molecular complexity index is 332. The second-order valence-electron chi connectivity index (χ2n) is 3.69. The molecule has 3 heteroatoms. The summed E-state index contributed by atoms with van der Waals surface area (Å²) in [6.45, 7) is 0. The van der Waals surface area contributed by atoms with Crippen LogP contribution < -0.4 is 4.74 Å². The van der Waals surface area contributed by atoms with Gasteiger partial charge in [0, 0.05) is 0 Å². The highest BCUT2D eigenvalue weighted by atomic mass is 19.3. The van der Waals surface area contributed by atoms with Gasteiger partial charge in [-0.05, 0) is 30.5 Å². The van der Waals surface area contributed by atoms with Crippen molar-refractivity contribution in [1.82, 2.24) is 0 Å². The van der Waals surface area contributed by atoms with E-state index in [1.54, 1.807) is 31.4 Å². The van der Waals surface area contributed by atoms with Gasteiger partial charge in [0.25, 0.3) is 0 Å². The van der Waals surface area contributed by atoms with Crippen LogP contribution in [0.4, 0.5) is 8.78 Å². The van der Waals surface area contributed by atoms with Crippen LogP contribution >= 0.6 is 0 Å². The molecule has 0 spiro atoms. The van der Waals surface area contributed by atoms with Crippen LogP contribution in [0.15, 0.2) is 24.3 Å². The predicted molar refractivity (Wildman–Crippen MR) is 49.9 cm³/mol. The Morgan fingerprint density at radius 1 is 1.36 bits per heavy atom. The van der Waals surface area contributed by atoms with Gasteiger partial charge in [-0.3, -0.25) is 0 Å². The summed E-state index contributed by atoms with van der Waals surface area (Å²) in [5.74, 6) is 0.648. The van der Waals surface area contributed by atoms with Gasteiger partial charge < -0.3 is 4.74 Å². The number of halogens is 2. The Hall–Kier alpha value is -1.12. The molecule has 76 valence electrons. The van der Waals surface area contributed by atoms with E-state index in [2.05, 4.69) is 0 Å². The number of rotatable bonds is 3. The number of hydrogen-bond acceptors (Lipinski definition) is 1. The molecule has 0 radical (unpaired) electrons. The molecule has 14 heavy (non-hydrogen) atoms. The van der Waals surface area contributed by atoms with Crippen molar-refractivity contribution in [3.63, 3.8) is 0 Å². The van der Waals surface area contributed by atoms with Crippen LogP contribution in [0.25, 0.3) is 0 Å². The van der Waals surface area contributed by atoms with E-state index in [9.17, 15) is 8.78 Å². The minimum absolute atomic E-state index is 0.581. The smallest absolute Gasteiger partial charge is 0.248 e. The van der Waals surface area contributed by atoms with E-state index in [0.29, 0.717) is 24.2 Å². The third-order valence-corrected chi connectivity index (χ3v) is 2.85.